The van der Waals surface area contributed by atoms with E-state index in [0.717, 1.165) is 5.56 Å². The first kappa shape index (κ1) is 14.3. The van der Waals surface area contributed by atoms with Gasteiger partial charge >= 0.3 is 12.0 Å². The minimum atomic E-state index is -0.872. The molecule has 0 saturated heterocycles. The maximum atomic E-state index is 11.5. The molecule has 98 valence electrons. The van der Waals surface area contributed by atoms with Crippen molar-refractivity contribution in [2.75, 3.05) is 11.9 Å². The summed E-state index contributed by atoms with van der Waals surface area (Å²) in [6.07, 6.45) is 0.438. The van der Waals surface area contributed by atoms with Crippen molar-refractivity contribution < 1.29 is 14.7 Å². The first-order valence-corrected chi connectivity index (χ1v) is 5.89. The van der Waals surface area contributed by atoms with E-state index in [1.165, 1.54) is 0 Å². The number of hydrogen-bond acceptors (Lipinski definition) is 2. The molecule has 0 heterocycles. The molecule has 0 aliphatic heterocycles. The van der Waals surface area contributed by atoms with Gasteiger partial charge in [0, 0.05) is 23.7 Å². The van der Waals surface area contributed by atoms with Gasteiger partial charge in [-0.05, 0) is 31.0 Å². The van der Waals surface area contributed by atoms with Crippen LogP contribution in [0.25, 0.3) is 0 Å². The number of aryl methyl sites for hydroxylation is 1. The zero-order valence-electron chi connectivity index (χ0n) is 10.00. The fourth-order valence-corrected chi connectivity index (χ4v) is 1.51. The number of amides is 2. The Morgan fingerprint density at radius 1 is 1.39 bits per heavy atom. The molecule has 6 heteroatoms. The van der Waals surface area contributed by atoms with E-state index >= 15 is 0 Å². The second-order valence-corrected chi connectivity index (χ2v) is 4.27. The molecule has 5 nitrogen and oxygen atoms in total. The summed E-state index contributed by atoms with van der Waals surface area (Å²) in [6.45, 7) is 2.17. The van der Waals surface area contributed by atoms with Gasteiger partial charge in [0.1, 0.15) is 0 Å². The second kappa shape index (κ2) is 6.86. The number of aliphatic carboxylic acids is 1. The van der Waals surface area contributed by atoms with Gasteiger partial charge in [-0.1, -0.05) is 17.7 Å². The fourth-order valence-electron chi connectivity index (χ4n) is 1.34. The number of carboxylic acid groups (broad SMARTS) is 1. The van der Waals surface area contributed by atoms with E-state index in [2.05, 4.69) is 10.6 Å². The topological polar surface area (TPSA) is 78.4 Å². The smallest absolute Gasteiger partial charge is 0.319 e. The Morgan fingerprint density at radius 3 is 2.78 bits per heavy atom. The largest absolute Gasteiger partial charge is 0.481 e. The van der Waals surface area contributed by atoms with Crippen LogP contribution in [0.1, 0.15) is 18.4 Å². The summed E-state index contributed by atoms with van der Waals surface area (Å²) < 4.78 is 0. The average molecular weight is 271 g/mol. The lowest BCUT2D eigenvalue weighted by Gasteiger charge is -2.09. The van der Waals surface area contributed by atoms with Crippen LogP contribution in [0.4, 0.5) is 10.5 Å². The van der Waals surface area contributed by atoms with Gasteiger partial charge in [0.25, 0.3) is 0 Å². The molecule has 0 spiro atoms. The molecular weight excluding hydrogens is 256 g/mol. The summed E-state index contributed by atoms with van der Waals surface area (Å²) in [4.78, 5) is 21.8. The van der Waals surface area contributed by atoms with Crippen LogP contribution < -0.4 is 10.6 Å². The molecule has 18 heavy (non-hydrogen) atoms. The predicted octanol–water partition coefficient (Wildman–Crippen LogP) is 2.63. The van der Waals surface area contributed by atoms with Crippen molar-refractivity contribution >= 4 is 29.3 Å². The van der Waals surface area contributed by atoms with Gasteiger partial charge in [0.15, 0.2) is 0 Å². The lowest BCUT2D eigenvalue weighted by molar-refractivity contribution is -0.137. The highest BCUT2D eigenvalue weighted by Gasteiger charge is 2.05. The summed E-state index contributed by atoms with van der Waals surface area (Å²) in [6, 6.07) is 4.84. The second-order valence-electron chi connectivity index (χ2n) is 3.84. The van der Waals surface area contributed by atoms with Crippen LogP contribution in [0.15, 0.2) is 18.2 Å². The van der Waals surface area contributed by atoms with Crippen molar-refractivity contribution in [1.82, 2.24) is 5.32 Å². The van der Waals surface area contributed by atoms with E-state index in [-0.39, 0.29) is 12.5 Å². The average Bonchev–Trinajstić information content (AvgIpc) is 2.29. The molecule has 0 radical (unpaired) electrons. The van der Waals surface area contributed by atoms with Crippen molar-refractivity contribution in [3.8, 4) is 0 Å². The molecular formula is C12H15ClN2O3. The number of rotatable bonds is 5. The molecule has 0 aliphatic carbocycles. The number of benzene rings is 1. The van der Waals surface area contributed by atoms with Gasteiger partial charge < -0.3 is 15.7 Å². The van der Waals surface area contributed by atoms with Crippen molar-refractivity contribution in [2.24, 2.45) is 0 Å². The lowest BCUT2D eigenvalue weighted by atomic mass is 10.2. The van der Waals surface area contributed by atoms with E-state index in [4.69, 9.17) is 16.7 Å². The number of hydrogen-bond donors (Lipinski definition) is 3. The van der Waals surface area contributed by atoms with E-state index in [1.54, 1.807) is 12.1 Å². The maximum Gasteiger partial charge on any atom is 0.319 e. The number of nitrogens with one attached hydrogen (secondary N) is 2. The highest BCUT2D eigenvalue weighted by Crippen LogP contribution is 2.19. The summed E-state index contributed by atoms with van der Waals surface area (Å²) in [5.74, 6) is -0.872. The molecule has 1 rings (SSSR count). The molecule has 3 N–H and O–H groups in total. The van der Waals surface area contributed by atoms with Crippen LogP contribution in [0.2, 0.25) is 5.02 Å². The predicted molar refractivity (Wildman–Crippen MR) is 70.1 cm³/mol. The highest BCUT2D eigenvalue weighted by molar-refractivity contribution is 6.31. The van der Waals surface area contributed by atoms with Crippen LogP contribution >= 0.6 is 11.6 Å². The number of anilines is 1. The van der Waals surface area contributed by atoms with E-state index in [0.29, 0.717) is 23.7 Å². The van der Waals surface area contributed by atoms with Crippen LogP contribution in [0.5, 0.6) is 0 Å². The van der Waals surface area contributed by atoms with Crippen LogP contribution in [-0.4, -0.2) is 23.7 Å². The van der Waals surface area contributed by atoms with Crippen molar-refractivity contribution in [3.05, 3.63) is 28.8 Å². The number of halogens is 1. The molecule has 0 atom stereocenters. The Hall–Kier alpha value is -1.75. The molecule has 2 amide bonds. The Morgan fingerprint density at radius 2 is 2.11 bits per heavy atom. The monoisotopic (exact) mass is 270 g/mol. The summed E-state index contributed by atoms with van der Waals surface area (Å²) in [5.41, 5.74) is 1.54. The van der Waals surface area contributed by atoms with Crippen LogP contribution in [0.3, 0.4) is 0 Å². The number of carboxylic acids is 1. The number of carbonyl (C=O) groups is 2. The summed E-state index contributed by atoms with van der Waals surface area (Å²) in [5, 5.41) is 14.2. The van der Waals surface area contributed by atoms with Crippen molar-refractivity contribution in [1.29, 1.82) is 0 Å². The first-order valence-electron chi connectivity index (χ1n) is 5.52. The minimum absolute atomic E-state index is 0.0382. The third kappa shape index (κ3) is 5.05. The van der Waals surface area contributed by atoms with Crippen molar-refractivity contribution in [3.63, 3.8) is 0 Å². The normalized spacial score (nSPS) is 9.89. The zero-order chi connectivity index (χ0) is 13.5. The van der Waals surface area contributed by atoms with Crippen molar-refractivity contribution in [2.45, 2.75) is 19.8 Å². The Bertz CT molecular complexity index is 449. The molecule has 0 bridgehead atoms. The first-order chi connectivity index (χ1) is 8.49. The highest BCUT2D eigenvalue weighted by atomic mass is 35.5. The third-order valence-electron chi connectivity index (χ3n) is 2.30. The summed E-state index contributed by atoms with van der Waals surface area (Å²) in [7, 11) is 0. The van der Waals surface area contributed by atoms with E-state index in [1.807, 2.05) is 13.0 Å². The third-order valence-corrected chi connectivity index (χ3v) is 2.54. The van der Waals surface area contributed by atoms with Gasteiger partial charge in [-0.2, -0.15) is 0 Å². The standard InChI is InChI=1S/C12H15ClN2O3/c1-8-4-5-9(13)7-10(8)15-12(18)14-6-2-3-11(16)17/h4-5,7H,2-3,6H2,1H3,(H,16,17)(H2,14,15,18). The van der Waals surface area contributed by atoms with Gasteiger partial charge in [-0.3, -0.25) is 4.79 Å². The number of carbonyl (C=O) groups excluding carboxylic acids is 1. The molecule has 0 aromatic heterocycles. The molecule has 1 aromatic rings. The van der Waals surface area contributed by atoms with E-state index < -0.39 is 5.97 Å². The molecule has 0 unspecified atom stereocenters. The van der Waals surface area contributed by atoms with Gasteiger partial charge in [-0.15, -0.1) is 0 Å². The van der Waals surface area contributed by atoms with Crippen LogP contribution in [-0.2, 0) is 4.79 Å². The Balaban J connectivity index is 2.40. The lowest BCUT2D eigenvalue weighted by Crippen LogP contribution is -2.30. The molecule has 1 aromatic carbocycles. The molecule has 0 fully saturated rings. The van der Waals surface area contributed by atoms with Gasteiger partial charge in [0.2, 0.25) is 0 Å². The Labute approximate surface area is 110 Å². The SMILES string of the molecule is Cc1ccc(Cl)cc1NC(=O)NCCCC(=O)O. The maximum absolute atomic E-state index is 11.5. The Kier molecular flexibility index (Phi) is 5.45. The molecule has 0 aliphatic rings. The fraction of sp³-hybridized carbons (Fsp3) is 0.333. The van der Waals surface area contributed by atoms with Crippen LogP contribution in [0, 0.1) is 6.92 Å². The quantitative estimate of drug-likeness (QED) is 0.720. The minimum Gasteiger partial charge on any atom is -0.481 e. The number of urea groups is 1. The van der Waals surface area contributed by atoms with Gasteiger partial charge in [0.05, 0.1) is 0 Å². The molecule has 0 saturated carbocycles. The van der Waals surface area contributed by atoms with Gasteiger partial charge in [-0.25, -0.2) is 4.79 Å². The summed E-state index contributed by atoms with van der Waals surface area (Å²) >= 11 is 5.82. The van der Waals surface area contributed by atoms with E-state index in [9.17, 15) is 9.59 Å². The zero-order valence-corrected chi connectivity index (χ0v) is 10.8.